The topological polar surface area (TPSA) is 66.4 Å². The fourth-order valence-corrected chi connectivity index (χ4v) is 2.02. The van der Waals surface area contributed by atoms with Gasteiger partial charge in [0, 0.05) is 18.8 Å². The highest BCUT2D eigenvalue weighted by Gasteiger charge is 2.10. The van der Waals surface area contributed by atoms with E-state index in [-0.39, 0.29) is 17.9 Å². The number of aliphatic hydroxyl groups excluding tert-OH is 1. The first-order chi connectivity index (χ1) is 5.85. The molecule has 0 radical (unpaired) electrons. The number of hydrogen-bond donors (Lipinski definition) is 2. The highest BCUT2D eigenvalue weighted by Crippen LogP contribution is 1.92. The predicted molar refractivity (Wildman–Crippen MR) is 53.5 cm³/mol. The Labute approximate surface area is 80.3 Å². The Hall–Kier alpha value is -0.130. The number of sulfone groups is 1. The predicted octanol–water partition coefficient (Wildman–Crippen LogP) is -0.220. The molecule has 80 valence electrons. The van der Waals surface area contributed by atoms with Gasteiger partial charge in [-0.05, 0) is 13.3 Å². The third-order valence-electron chi connectivity index (χ3n) is 1.73. The maximum absolute atomic E-state index is 10.9. The minimum Gasteiger partial charge on any atom is -0.392 e. The molecule has 0 aliphatic heterocycles. The molecule has 13 heavy (non-hydrogen) atoms. The highest BCUT2D eigenvalue weighted by molar-refractivity contribution is 7.90. The molecular formula is C8H19NO3S. The average Bonchev–Trinajstić information content (AvgIpc) is 1.97. The minimum absolute atomic E-state index is 0.101. The van der Waals surface area contributed by atoms with Crippen LogP contribution < -0.4 is 5.32 Å². The van der Waals surface area contributed by atoms with Crippen LogP contribution in [-0.4, -0.2) is 44.2 Å². The van der Waals surface area contributed by atoms with Crippen molar-refractivity contribution in [2.75, 3.05) is 18.6 Å². The SMILES string of the molecule is CCC(O)CNC(C)CS(C)(=O)=O. The summed E-state index contributed by atoms with van der Waals surface area (Å²) in [5.74, 6) is 0.115. The summed E-state index contributed by atoms with van der Waals surface area (Å²) in [5.41, 5.74) is 0. The van der Waals surface area contributed by atoms with Crippen molar-refractivity contribution in [3.63, 3.8) is 0 Å². The van der Waals surface area contributed by atoms with Crippen molar-refractivity contribution in [2.24, 2.45) is 0 Å². The van der Waals surface area contributed by atoms with Gasteiger partial charge < -0.3 is 10.4 Å². The van der Waals surface area contributed by atoms with Gasteiger partial charge in [-0.3, -0.25) is 0 Å². The normalized spacial score (nSPS) is 16.9. The highest BCUT2D eigenvalue weighted by atomic mass is 32.2. The van der Waals surface area contributed by atoms with Gasteiger partial charge in [0.05, 0.1) is 11.9 Å². The third-order valence-corrected chi connectivity index (χ3v) is 2.83. The van der Waals surface area contributed by atoms with Crippen LogP contribution in [0.15, 0.2) is 0 Å². The molecule has 5 heteroatoms. The molecule has 2 atom stereocenters. The summed E-state index contributed by atoms with van der Waals surface area (Å²) in [4.78, 5) is 0. The lowest BCUT2D eigenvalue weighted by molar-refractivity contribution is 0.164. The second-order valence-corrected chi connectivity index (χ2v) is 5.65. The first-order valence-electron chi connectivity index (χ1n) is 4.44. The molecule has 0 heterocycles. The van der Waals surface area contributed by atoms with E-state index in [2.05, 4.69) is 5.32 Å². The van der Waals surface area contributed by atoms with Crippen LogP contribution in [0.3, 0.4) is 0 Å². The van der Waals surface area contributed by atoms with E-state index in [1.165, 1.54) is 6.26 Å². The summed E-state index contributed by atoms with van der Waals surface area (Å²) in [7, 11) is -2.92. The summed E-state index contributed by atoms with van der Waals surface area (Å²) in [6.07, 6.45) is 1.50. The first kappa shape index (κ1) is 12.9. The van der Waals surface area contributed by atoms with E-state index >= 15 is 0 Å². The summed E-state index contributed by atoms with van der Waals surface area (Å²) in [5, 5.41) is 12.2. The van der Waals surface area contributed by atoms with E-state index in [4.69, 9.17) is 0 Å². The zero-order valence-electron chi connectivity index (χ0n) is 8.45. The van der Waals surface area contributed by atoms with Crippen LogP contribution in [-0.2, 0) is 9.84 Å². The van der Waals surface area contributed by atoms with Crippen LogP contribution in [0.2, 0.25) is 0 Å². The van der Waals surface area contributed by atoms with Gasteiger partial charge in [-0.25, -0.2) is 8.42 Å². The smallest absolute Gasteiger partial charge is 0.148 e. The molecular weight excluding hydrogens is 190 g/mol. The van der Waals surface area contributed by atoms with Gasteiger partial charge in [-0.15, -0.1) is 0 Å². The third kappa shape index (κ3) is 8.21. The summed E-state index contributed by atoms with van der Waals surface area (Å²) < 4.78 is 21.7. The Bertz CT molecular complexity index is 226. The molecule has 0 fully saturated rings. The van der Waals surface area contributed by atoms with Crippen LogP contribution >= 0.6 is 0 Å². The Morgan fingerprint density at radius 2 is 2.00 bits per heavy atom. The lowest BCUT2D eigenvalue weighted by Crippen LogP contribution is -2.37. The zero-order valence-corrected chi connectivity index (χ0v) is 9.26. The van der Waals surface area contributed by atoms with Gasteiger partial charge >= 0.3 is 0 Å². The van der Waals surface area contributed by atoms with E-state index in [0.717, 1.165) is 0 Å². The van der Waals surface area contributed by atoms with Crippen molar-refractivity contribution >= 4 is 9.84 Å². The number of aliphatic hydroxyl groups is 1. The average molecular weight is 209 g/mol. The minimum atomic E-state index is -2.92. The summed E-state index contributed by atoms with van der Waals surface area (Å²) in [6, 6.07) is -0.101. The molecule has 0 aliphatic carbocycles. The lowest BCUT2D eigenvalue weighted by atomic mass is 10.2. The second-order valence-electron chi connectivity index (χ2n) is 3.46. The van der Waals surface area contributed by atoms with Crippen molar-refractivity contribution in [2.45, 2.75) is 32.4 Å². The fourth-order valence-electron chi connectivity index (χ4n) is 0.995. The van der Waals surface area contributed by atoms with Crippen LogP contribution in [0.25, 0.3) is 0 Å². The Morgan fingerprint density at radius 3 is 2.38 bits per heavy atom. The quantitative estimate of drug-likeness (QED) is 0.635. The first-order valence-corrected chi connectivity index (χ1v) is 6.50. The van der Waals surface area contributed by atoms with Crippen molar-refractivity contribution in [1.29, 1.82) is 0 Å². The number of nitrogens with one attached hydrogen (secondary N) is 1. The molecule has 0 aromatic heterocycles. The van der Waals surface area contributed by atoms with Crippen LogP contribution in [0.1, 0.15) is 20.3 Å². The molecule has 0 saturated heterocycles. The second kappa shape index (κ2) is 5.57. The molecule has 4 nitrogen and oxygen atoms in total. The van der Waals surface area contributed by atoms with Gasteiger partial charge in [0.1, 0.15) is 9.84 Å². The van der Waals surface area contributed by atoms with Gasteiger partial charge in [0.25, 0.3) is 0 Å². The molecule has 0 amide bonds. The monoisotopic (exact) mass is 209 g/mol. The Kier molecular flexibility index (Phi) is 5.51. The lowest BCUT2D eigenvalue weighted by Gasteiger charge is -2.15. The van der Waals surface area contributed by atoms with Crippen molar-refractivity contribution in [3.05, 3.63) is 0 Å². The van der Waals surface area contributed by atoms with E-state index < -0.39 is 9.84 Å². The van der Waals surface area contributed by atoms with Gasteiger partial charge in [0.2, 0.25) is 0 Å². The maximum Gasteiger partial charge on any atom is 0.148 e. The van der Waals surface area contributed by atoms with E-state index in [1.807, 2.05) is 6.92 Å². The fraction of sp³-hybridized carbons (Fsp3) is 1.00. The van der Waals surface area contributed by atoms with Gasteiger partial charge in [-0.1, -0.05) is 6.92 Å². The molecule has 2 unspecified atom stereocenters. The number of hydrogen-bond acceptors (Lipinski definition) is 4. The maximum atomic E-state index is 10.9. The molecule has 0 aromatic rings. The van der Waals surface area contributed by atoms with Crippen LogP contribution in [0, 0.1) is 0 Å². The van der Waals surface area contributed by atoms with E-state index in [9.17, 15) is 13.5 Å². The van der Waals surface area contributed by atoms with E-state index in [0.29, 0.717) is 13.0 Å². The molecule has 0 bridgehead atoms. The Balaban J connectivity index is 3.70. The summed E-state index contributed by atoms with van der Waals surface area (Å²) in [6.45, 7) is 4.13. The van der Waals surface area contributed by atoms with Crippen LogP contribution in [0.4, 0.5) is 0 Å². The molecule has 0 aromatic carbocycles. The largest absolute Gasteiger partial charge is 0.392 e. The Morgan fingerprint density at radius 1 is 1.46 bits per heavy atom. The van der Waals surface area contributed by atoms with Gasteiger partial charge in [0.15, 0.2) is 0 Å². The molecule has 0 aliphatic rings. The van der Waals surface area contributed by atoms with E-state index in [1.54, 1.807) is 6.92 Å². The van der Waals surface area contributed by atoms with Crippen molar-refractivity contribution in [1.82, 2.24) is 5.32 Å². The number of rotatable bonds is 6. The molecule has 0 saturated carbocycles. The summed E-state index contributed by atoms with van der Waals surface area (Å²) >= 11 is 0. The standard InChI is InChI=1S/C8H19NO3S/c1-4-8(10)5-9-7(2)6-13(3,11)12/h7-10H,4-6H2,1-3H3. The molecule has 2 N–H and O–H groups in total. The van der Waals surface area contributed by atoms with Crippen molar-refractivity contribution < 1.29 is 13.5 Å². The van der Waals surface area contributed by atoms with Gasteiger partial charge in [-0.2, -0.15) is 0 Å². The molecule has 0 spiro atoms. The molecule has 0 rings (SSSR count). The van der Waals surface area contributed by atoms with Crippen molar-refractivity contribution in [3.8, 4) is 0 Å². The zero-order chi connectivity index (χ0) is 10.5. The van der Waals surface area contributed by atoms with Crippen LogP contribution in [0.5, 0.6) is 0 Å².